The Hall–Kier alpha value is -2.14. The van der Waals surface area contributed by atoms with E-state index < -0.39 is 0 Å². The lowest BCUT2D eigenvalue weighted by molar-refractivity contribution is 1.22. The molecular weight excluding hydrogens is 256 g/mol. The van der Waals surface area contributed by atoms with Crippen LogP contribution in [0.4, 0.5) is 5.13 Å². The zero-order valence-corrected chi connectivity index (χ0v) is 11.6. The maximum absolute atomic E-state index is 4.30. The largest absolute Gasteiger partial charge is 0.358 e. The van der Waals surface area contributed by atoms with Gasteiger partial charge < -0.3 is 4.98 Å². The average Bonchev–Trinajstić information content (AvgIpc) is 2.94. The van der Waals surface area contributed by atoms with Crippen LogP contribution in [-0.4, -0.2) is 16.2 Å². The van der Waals surface area contributed by atoms with Crippen molar-refractivity contribution in [2.24, 2.45) is 5.10 Å². The Labute approximate surface area is 115 Å². The van der Waals surface area contributed by atoms with E-state index >= 15 is 0 Å². The van der Waals surface area contributed by atoms with Crippen molar-refractivity contribution >= 4 is 33.6 Å². The molecule has 5 heteroatoms. The van der Waals surface area contributed by atoms with E-state index in [1.54, 1.807) is 11.3 Å². The minimum absolute atomic E-state index is 0.811. The molecular formula is C14H14N4S. The highest BCUT2D eigenvalue weighted by molar-refractivity contribution is 7.13. The normalized spacial score (nSPS) is 11.5. The van der Waals surface area contributed by atoms with E-state index in [4.69, 9.17) is 0 Å². The van der Waals surface area contributed by atoms with E-state index in [9.17, 15) is 0 Å². The molecule has 0 aliphatic heterocycles. The van der Waals surface area contributed by atoms with E-state index in [2.05, 4.69) is 39.6 Å². The topological polar surface area (TPSA) is 53.1 Å². The van der Waals surface area contributed by atoms with Crippen LogP contribution < -0.4 is 5.43 Å². The van der Waals surface area contributed by atoms with Crippen LogP contribution in [-0.2, 0) is 0 Å². The number of nitrogens with one attached hydrogen (secondary N) is 2. The van der Waals surface area contributed by atoms with Gasteiger partial charge in [-0.25, -0.2) is 4.98 Å². The van der Waals surface area contributed by atoms with Gasteiger partial charge in [-0.1, -0.05) is 18.2 Å². The number of benzene rings is 1. The molecule has 0 saturated heterocycles. The molecule has 3 aromatic rings. The summed E-state index contributed by atoms with van der Waals surface area (Å²) in [5.41, 5.74) is 7.32. The fourth-order valence-electron chi connectivity index (χ4n) is 2.02. The number of nitrogens with zero attached hydrogens (tertiary/aromatic N) is 2. The molecule has 2 heterocycles. The van der Waals surface area contributed by atoms with Gasteiger partial charge in [0.25, 0.3) is 0 Å². The highest BCUT2D eigenvalue weighted by atomic mass is 32.1. The number of fused-ring (bicyclic) bond motifs is 1. The molecule has 0 atom stereocenters. The Balaban J connectivity index is 1.86. The van der Waals surface area contributed by atoms with Gasteiger partial charge in [-0.2, -0.15) is 5.10 Å². The molecule has 4 nitrogen and oxygen atoms in total. The smallest absolute Gasteiger partial charge is 0.203 e. The predicted octanol–water partition coefficient (Wildman–Crippen LogP) is 3.69. The summed E-state index contributed by atoms with van der Waals surface area (Å²) >= 11 is 1.55. The zero-order valence-electron chi connectivity index (χ0n) is 10.8. The van der Waals surface area contributed by atoms with Crippen LogP contribution in [0.5, 0.6) is 0 Å². The van der Waals surface area contributed by atoms with Gasteiger partial charge in [-0.05, 0) is 19.9 Å². The molecule has 0 saturated carbocycles. The number of H-pyrrole nitrogens is 1. The number of hydrogen-bond acceptors (Lipinski definition) is 4. The highest BCUT2D eigenvalue weighted by Crippen LogP contribution is 2.20. The Morgan fingerprint density at radius 1 is 1.32 bits per heavy atom. The quantitative estimate of drug-likeness (QED) is 0.563. The van der Waals surface area contributed by atoms with Crippen LogP contribution in [0, 0.1) is 13.8 Å². The van der Waals surface area contributed by atoms with Crippen molar-refractivity contribution < 1.29 is 0 Å². The maximum atomic E-state index is 4.30. The van der Waals surface area contributed by atoms with Gasteiger partial charge in [0.2, 0.25) is 5.13 Å². The van der Waals surface area contributed by atoms with Crippen LogP contribution in [0.2, 0.25) is 0 Å². The van der Waals surface area contributed by atoms with Gasteiger partial charge in [-0.15, -0.1) is 11.3 Å². The number of aryl methyl sites for hydroxylation is 2. The van der Waals surface area contributed by atoms with Crippen LogP contribution in [0.15, 0.2) is 34.7 Å². The first-order chi connectivity index (χ1) is 9.24. The van der Waals surface area contributed by atoms with Gasteiger partial charge in [-0.3, -0.25) is 5.43 Å². The molecule has 0 radical (unpaired) electrons. The summed E-state index contributed by atoms with van der Waals surface area (Å²) in [6.07, 6.45) is 1.84. The Morgan fingerprint density at radius 2 is 2.16 bits per heavy atom. The SMILES string of the molecule is Cc1csc(N/N=C\c2c(C)[nH]c3ccccc23)n1. The molecule has 0 unspecified atom stereocenters. The lowest BCUT2D eigenvalue weighted by Gasteiger charge is -1.94. The molecule has 2 aromatic heterocycles. The number of aromatic nitrogens is 2. The van der Waals surface area contributed by atoms with Crippen molar-refractivity contribution in [1.82, 2.24) is 9.97 Å². The highest BCUT2D eigenvalue weighted by Gasteiger charge is 2.05. The summed E-state index contributed by atoms with van der Waals surface area (Å²) in [7, 11) is 0. The molecule has 0 bridgehead atoms. The molecule has 96 valence electrons. The van der Waals surface area contributed by atoms with E-state index in [0.29, 0.717) is 0 Å². The van der Waals surface area contributed by atoms with Crippen LogP contribution in [0.1, 0.15) is 17.0 Å². The summed E-state index contributed by atoms with van der Waals surface area (Å²) in [6.45, 7) is 4.02. The number of hydrazone groups is 1. The molecule has 3 rings (SSSR count). The zero-order chi connectivity index (χ0) is 13.2. The fraction of sp³-hybridized carbons (Fsp3) is 0.143. The van der Waals surface area contributed by atoms with Gasteiger partial charge >= 0.3 is 0 Å². The molecule has 0 amide bonds. The standard InChI is InChI=1S/C14H14N4S/c1-9-8-19-14(16-9)18-15-7-12-10(2)17-13-6-4-3-5-11(12)13/h3-8,17H,1-2H3,(H,16,18)/b15-7-. The third-order valence-electron chi connectivity index (χ3n) is 2.92. The summed E-state index contributed by atoms with van der Waals surface area (Å²) in [5, 5.41) is 8.25. The Kier molecular flexibility index (Phi) is 3.05. The van der Waals surface area contributed by atoms with Crippen molar-refractivity contribution in [3.8, 4) is 0 Å². The number of para-hydroxylation sites is 1. The van der Waals surface area contributed by atoms with Crippen molar-refractivity contribution in [1.29, 1.82) is 0 Å². The van der Waals surface area contributed by atoms with Crippen molar-refractivity contribution in [3.63, 3.8) is 0 Å². The molecule has 0 spiro atoms. The van der Waals surface area contributed by atoms with E-state index in [1.807, 2.05) is 30.7 Å². The minimum atomic E-state index is 0.811. The van der Waals surface area contributed by atoms with Gasteiger partial charge in [0.05, 0.1) is 11.9 Å². The lowest BCUT2D eigenvalue weighted by Crippen LogP contribution is -1.91. The number of rotatable bonds is 3. The second kappa shape index (κ2) is 4.85. The second-order valence-electron chi connectivity index (χ2n) is 4.37. The molecule has 0 aliphatic carbocycles. The lowest BCUT2D eigenvalue weighted by atomic mass is 10.1. The van der Waals surface area contributed by atoms with Gasteiger partial charge in [0, 0.05) is 27.5 Å². The summed E-state index contributed by atoms with van der Waals surface area (Å²) in [5.74, 6) is 0. The second-order valence-corrected chi connectivity index (χ2v) is 5.23. The van der Waals surface area contributed by atoms with E-state index in [0.717, 1.165) is 27.6 Å². The molecule has 19 heavy (non-hydrogen) atoms. The fourth-order valence-corrected chi connectivity index (χ4v) is 2.66. The Morgan fingerprint density at radius 3 is 2.95 bits per heavy atom. The van der Waals surface area contributed by atoms with Crippen LogP contribution >= 0.6 is 11.3 Å². The predicted molar refractivity (Wildman–Crippen MR) is 81.1 cm³/mol. The summed E-state index contributed by atoms with van der Waals surface area (Å²) in [6, 6.07) is 8.21. The van der Waals surface area contributed by atoms with Crippen molar-refractivity contribution in [2.45, 2.75) is 13.8 Å². The molecule has 1 aromatic carbocycles. The number of hydrogen-bond donors (Lipinski definition) is 2. The average molecular weight is 270 g/mol. The first-order valence-corrected chi connectivity index (χ1v) is 6.90. The third kappa shape index (κ3) is 2.37. The summed E-state index contributed by atoms with van der Waals surface area (Å²) < 4.78 is 0. The minimum Gasteiger partial charge on any atom is -0.358 e. The van der Waals surface area contributed by atoms with Crippen molar-refractivity contribution in [2.75, 3.05) is 5.43 Å². The Bertz CT molecular complexity index is 739. The first kappa shape index (κ1) is 11.9. The molecule has 2 N–H and O–H groups in total. The first-order valence-electron chi connectivity index (χ1n) is 6.02. The third-order valence-corrected chi connectivity index (χ3v) is 3.78. The maximum Gasteiger partial charge on any atom is 0.203 e. The van der Waals surface area contributed by atoms with E-state index in [-0.39, 0.29) is 0 Å². The van der Waals surface area contributed by atoms with Crippen LogP contribution in [0.25, 0.3) is 10.9 Å². The van der Waals surface area contributed by atoms with Crippen molar-refractivity contribution in [3.05, 3.63) is 46.6 Å². The van der Waals surface area contributed by atoms with Gasteiger partial charge in [0.15, 0.2) is 0 Å². The van der Waals surface area contributed by atoms with Gasteiger partial charge in [0.1, 0.15) is 0 Å². The number of aromatic amines is 1. The summed E-state index contributed by atoms with van der Waals surface area (Å²) in [4.78, 5) is 7.65. The monoisotopic (exact) mass is 270 g/mol. The number of anilines is 1. The number of thiazole rings is 1. The molecule has 0 aliphatic rings. The van der Waals surface area contributed by atoms with E-state index in [1.165, 1.54) is 5.39 Å². The molecule has 0 fully saturated rings. The van der Waals surface area contributed by atoms with Crippen LogP contribution in [0.3, 0.4) is 0 Å².